The number of hydrogen-bond acceptors (Lipinski definition) is 4. The van der Waals surface area contributed by atoms with E-state index in [1.165, 1.54) is 83.5 Å². The van der Waals surface area contributed by atoms with Crippen molar-refractivity contribution in [3.8, 4) is 0 Å². The molecule has 0 radical (unpaired) electrons. The van der Waals surface area contributed by atoms with Gasteiger partial charge in [0.25, 0.3) is 0 Å². The van der Waals surface area contributed by atoms with Gasteiger partial charge in [0, 0.05) is 40.9 Å². The molecule has 27 heavy (non-hydrogen) atoms. The second-order valence-electron chi connectivity index (χ2n) is 7.21. The molecule has 0 bridgehead atoms. The van der Waals surface area contributed by atoms with E-state index in [9.17, 15) is 4.79 Å². The van der Waals surface area contributed by atoms with E-state index in [0.717, 1.165) is 32.7 Å². The van der Waals surface area contributed by atoms with Crippen molar-refractivity contribution in [2.24, 2.45) is 5.73 Å². The first-order chi connectivity index (χ1) is 13.2. The van der Waals surface area contributed by atoms with Crippen LogP contribution in [0.2, 0.25) is 0 Å². The molecule has 3 N–H and O–H groups in total. The molecule has 0 aliphatic heterocycles. The highest BCUT2D eigenvalue weighted by atomic mass is 16.5. The summed E-state index contributed by atoms with van der Waals surface area (Å²) in [4.78, 5) is 10.6. The number of nitrogens with one attached hydrogen (secondary N) is 1. The van der Waals surface area contributed by atoms with Gasteiger partial charge in [-0.2, -0.15) is 0 Å². The maximum Gasteiger partial charge on any atom is 0.216 e. The Morgan fingerprint density at radius 1 is 0.667 bits per heavy atom. The summed E-state index contributed by atoms with van der Waals surface area (Å²) < 4.78 is 9.95. The average Bonchev–Trinajstić information content (AvgIpc) is 2.66. The second kappa shape index (κ2) is 27.6. The molecule has 0 heterocycles. The van der Waals surface area contributed by atoms with Crippen LogP contribution in [0, 0.1) is 0 Å². The quantitative estimate of drug-likeness (QED) is 0.311. The molecule has 0 atom stereocenters. The van der Waals surface area contributed by atoms with E-state index in [1.54, 1.807) is 21.1 Å². The Morgan fingerprint density at radius 3 is 1.41 bits per heavy atom. The molecule has 0 aromatic carbocycles. The van der Waals surface area contributed by atoms with Gasteiger partial charge in [0.2, 0.25) is 5.91 Å². The summed E-state index contributed by atoms with van der Waals surface area (Å²) in [6, 6.07) is 0. The minimum absolute atomic E-state index is 0.0783. The monoisotopic (exact) mass is 388 g/mol. The molecule has 1 amide bonds. The fourth-order valence-electron chi connectivity index (χ4n) is 2.79. The first kappa shape index (κ1) is 28.6. The summed E-state index contributed by atoms with van der Waals surface area (Å²) >= 11 is 0. The summed E-state index contributed by atoms with van der Waals surface area (Å²) in [7, 11) is 3.52. The minimum Gasteiger partial charge on any atom is -0.385 e. The third kappa shape index (κ3) is 33.4. The Morgan fingerprint density at radius 2 is 1.04 bits per heavy atom. The highest BCUT2D eigenvalue weighted by Crippen LogP contribution is 2.07. The number of methoxy groups -OCH3 is 2. The van der Waals surface area contributed by atoms with Crippen LogP contribution in [0.4, 0.5) is 0 Å². The molecule has 5 nitrogen and oxygen atoms in total. The van der Waals surface area contributed by atoms with Crippen LogP contribution in [0.5, 0.6) is 0 Å². The van der Waals surface area contributed by atoms with Gasteiger partial charge in [-0.05, 0) is 32.2 Å². The lowest BCUT2D eigenvalue weighted by molar-refractivity contribution is -0.118. The molecule has 0 aliphatic carbocycles. The number of carbonyl (C=O) groups excluding carboxylic acids is 1. The number of carbonyl (C=O) groups is 1. The second-order valence-corrected chi connectivity index (χ2v) is 7.21. The lowest BCUT2D eigenvalue weighted by Crippen LogP contribution is -2.20. The van der Waals surface area contributed by atoms with Gasteiger partial charge >= 0.3 is 0 Å². The van der Waals surface area contributed by atoms with Crippen LogP contribution >= 0.6 is 0 Å². The summed E-state index contributed by atoms with van der Waals surface area (Å²) in [6.45, 7) is 5.06. The van der Waals surface area contributed by atoms with Crippen LogP contribution in [-0.4, -0.2) is 46.4 Å². The molecule has 0 fully saturated rings. The Balaban J connectivity index is 0. The summed E-state index contributed by atoms with van der Waals surface area (Å²) in [6.07, 6.45) is 17.8. The van der Waals surface area contributed by atoms with Crippen molar-refractivity contribution in [3.63, 3.8) is 0 Å². The lowest BCUT2D eigenvalue weighted by atomic mass is 10.1. The topological polar surface area (TPSA) is 73.6 Å². The zero-order valence-electron chi connectivity index (χ0n) is 18.5. The molecule has 164 valence electrons. The van der Waals surface area contributed by atoms with Gasteiger partial charge in [-0.3, -0.25) is 4.79 Å². The van der Waals surface area contributed by atoms with Gasteiger partial charge in [0.1, 0.15) is 0 Å². The highest BCUT2D eigenvalue weighted by Gasteiger charge is 1.93. The molecule has 0 aliphatic rings. The summed E-state index contributed by atoms with van der Waals surface area (Å²) in [5, 5.41) is 2.81. The number of unbranched alkanes of at least 4 members (excludes halogenated alkanes) is 12. The fraction of sp³-hybridized carbons (Fsp3) is 0.955. The molecule has 5 heteroatoms. The Kier molecular flexibility index (Phi) is 29.2. The Labute approximate surface area is 169 Å². The van der Waals surface area contributed by atoms with E-state index in [1.807, 2.05) is 0 Å². The van der Waals surface area contributed by atoms with Crippen LogP contribution in [0.15, 0.2) is 0 Å². The normalized spacial score (nSPS) is 10.4. The van der Waals surface area contributed by atoms with Gasteiger partial charge in [0.15, 0.2) is 0 Å². The summed E-state index contributed by atoms with van der Waals surface area (Å²) in [5.41, 5.74) is 5.39. The number of ether oxygens (including phenoxy) is 2. The molecule has 0 aromatic rings. The lowest BCUT2D eigenvalue weighted by Gasteiger charge is -2.02. The minimum atomic E-state index is 0.0783. The Hall–Kier alpha value is -0.650. The molecular weight excluding hydrogens is 340 g/mol. The van der Waals surface area contributed by atoms with E-state index in [0.29, 0.717) is 0 Å². The number of nitrogens with two attached hydrogens (primary N) is 1. The standard InChI is InChI=1S/C12H25NO2.C10H23NO/c1-12(14)13-10-8-6-4-3-5-7-9-11-15-2;1-12-10-8-6-4-2-3-5-7-9-11/h3-11H2,1-2H3,(H,13,14);2-11H2,1H3. The van der Waals surface area contributed by atoms with Gasteiger partial charge in [-0.25, -0.2) is 0 Å². The van der Waals surface area contributed by atoms with Crippen molar-refractivity contribution in [1.82, 2.24) is 5.32 Å². The van der Waals surface area contributed by atoms with Crippen molar-refractivity contribution >= 4 is 5.91 Å². The van der Waals surface area contributed by atoms with Gasteiger partial charge in [0.05, 0.1) is 0 Å². The van der Waals surface area contributed by atoms with Gasteiger partial charge in [-0.1, -0.05) is 64.2 Å². The van der Waals surface area contributed by atoms with E-state index in [-0.39, 0.29) is 5.91 Å². The molecule has 0 saturated carbocycles. The fourth-order valence-corrected chi connectivity index (χ4v) is 2.79. The van der Waals surface area contributed by atoms with Crippen molar-refractivity contribution in [2.45, 2.75) is 96.8 Å². The third-order valence-corrected chi connectivity index (χ3v) is 4.45. The number of rotatable bonds is 19. The highest BCUT2D eigenvalue weighted by molar-refractivity contribution is 5.72. The predicted molar refractivity (Wildman–Crippen MR) is 116 cm³/mol. The zero-order chi connectivity index (χ0) is 20.4. The van der Waals surface area contributed by atoms with Crippen molar-refractivity contribution in [3.05, 3.63) is 0 Å². The molecule has 0 saturated heterocycles. The zero-order valence-corrected chi connectivity index (χ0v) is 18.5. The molecule has 0 rings (SSSR count). The smallest absolute Gasteiger partial charge is 0.216 e. The first-order valence-corrected chi connectivity index (χ1v) is 11.1. The van der Waals surface area contributed by atoms with Crippen LogP contribution in [-0.2, 0) is 14.3 Å². The molecule has 0 unspecified atom stereocenters. The number of amides is 1. The SMILES string of the molecule is COCCCCCCCCCN.COCCCCCCCCCNC(C)=O. The van der Waals surface area contributed by atoms with Crippen LogP contribution < -0.4 is 11.1 Å². The van der Waals surface area contributed by atoms with Crippen LogP contribution in [0.1, 0.15) is 96.8 Å². The number of hydrogen-bond donors (Lipinski definition) is 2. The summed E-state index contributed by atoms with van der Waals surface area (Å²) in [5.74, 6) is 0.0783. The largest absolute Gasteiger partial charge is 0.385 e. The molecule has 0 spiro atoms. The van der Waals surface area contributed by atoms with Gasteiger partial charge < -0.3 is 20.5 Å². The predicted octanol–water partition coefficient (Wildman–Crippen LogP) is 4.82. The van der Waals surface area contributed by atoms with Gasteiger partial charge in [-0.15, -0.1) is 0 Å². The van der Waals surface area contributed by atoms with Crippen LogP contribution in [0.25, 0.3) is 0 Å². The first-order valence-electron chi connectivity index (χ1n) is 11.1. The van der Waals surface area contributed by atoms with Crippen LogP contribution in [0.3, 0.4) is 0 Å². The van der Waals surface area contributed by atoms with E-state index >= 15 is 0 Å². The van der Waals surface area contributed by atoms with E-state index in [4.69, 9.17) is 15.2 Å². The Bertz CT molecular complexity index is 266. The average molecular weight is 389 g/mol. The molecule has 0 aromatic heterocycles. The van der Waals surface area contributed by atoms with E-state index < -0.39 is 0 Å². The van der Waals surface area contributed by atoms with E-state index in [2.05, 4.69) is 5.32 Å². The third-order valence-electron chi connectivity index (χ3n) is 4.45. The van der Waals surface area contributed by atoms with Crippen molar-refractivity contribution < 1.29 is 14.3 Å². The maximum absolute atomic E-state index is 10.6. The maximum atomic E-state index is 10.6. The molecular formula is C22H48N2O3. The van der Waals surface area contributed by atoms with Crippen molar-refractivity contribution in [2.75, 3.05) is 40.5 Å². The van der Waals surface area contributed by atoms with Crippen molar-refractivity contribution in [1.29, 1.82) is 0 Å².